The van der Waals surface area contributed by atoms with Gasteiger partial charge in [0, 0.05) is 10.5 Å². The molecule has 0 unspecified atom stereocenters. The number of carbonyl (C=O) groups is 1. The molecule has 0 aromatic heterocycles. The molecule has 124 valence electrons. The van der Waals surface area contributed by atoms with E-state index in [-0.39, 0.29) is 24.8 Å². The number of carbonyl (C=O) groups excluding carboxylic acids is 1. The Labute approximate surface area is 151 Å². The summed E-state index contributed by atoms with van der Waals surface area (Å²) in [7, 11) is 0. The lowest BCUT2D eigenvalue weighted by molar-refractivity contribution is 0.0958. The van der Waals surface area contributed by atoms with Gasteiger partial charge < -0.3 is 10.1 Å². The van der Waals surface area contributed by atoms with Crippen molar-refractivity contribution in [3.63, 3.8) is 0 Å². The van der Waals surface area contributed by atoms with Gasteiger partial charge in [-0.15, -0.1) is 0 Å². The van der Waals surface area contributed by atoms with Crippen molar-refractivity contribution in [1.29, 1.82) is 0 Å². The molecule has 0 fully saturated rings. The summed E-state index contributed by atoms with van der Waals surface area (Å²) in [6.45, 7) is -0.00694. The lowest BCUT2D eigenvalue weighted by Gasteiger charge is -2.04. The average Bonchev–Trinajstić information content (AvgIpc) is 2.54. The number of halogens is 4. The van der Waals surface area contributed by atoms with Crippen molar-refractivity contribution in [2.24, 2.45) is 0 Å². The maximum Gasteiger partial charge on any atom is 0.253 e. The van der Waals surface area contributed by atoms with E-state index in [0.717, 1.165) is 16.6 Å². The van der Waals surface area contributed by atoms with Crippen LogP contribution in [0, 0.1) is 23.5 Å². The largest absolute Gasteiger partial charge is 0.478 e. The summed E-state index contributed by atoms with van der Waals surface area (Å²) in [5, 5.41) is 2.92. The second-order valence-corrected chi connectivity index (χ2v) is 5.85. The van der Waals surface area contributed by atoms with E-state index in [2.05, 4.69) is 33.1 Å². The van der Waals surface area contributed by atoms with E-state index in [9.17, 15) is 13.6 Å². The van der Waals surface area contributed by atoms with Crippen LogP contribution in [0.3, 0.4) is 0 Å². The molecule has 0 atom stereocenters. The molecule has 2 aromatic rings. The van der Waals surface area contributed by atoms with Gasteiger partial charge >= 0.3 is 0 Å². The fourth-order valence-corrected chi connectivity index (χ4v) is 2.28. The van der Waals surface area contributed by atoms with Crippen LogP contribution in [0.25, 0.3) is 0 Å². The van der Waals surface area contributed by atoms with Gasteiger partial charge in [0.25, 0.3) is 5.91 Å². The fourth-order valence-electron chi connectivity index (χ4n) is 1.71. The molecule has 0 saturated carbocycles. The van der Waals surface area contributed by atoms with Gasteiger partial charge in [-0.1, -0.05) is 39.4 Å². The van der Waals surface area contributed by atoms with E-state index < -0.39 is 11.6 Å². The van der Waals surface area contributed by atoms with Crippen molar-refractivity contribution in [2.45, 2.75) is 0 Å². The molecule has 0 spiro atoms. The third kappa shape index (κ3) is 5.22. The van der Waals surface area contributed by atoms with Gasteiger partial charge in [-0.25, -0.2) is 8.78 Å². The van der Waals surface area contributed by atoms with E-state index in [0.29, 0.717) is 10.6 Å². The van der Waals surface area contributed by atoms with Gasteiger partial charge in [0.1, 0.15) is 12.4 Å². The lowest BCUT2D eigenvalue weighted by Crippen LogP contribution is -2.24. The summed E-state index contributed by atoms with van der Waals surface area (Å²) in [5.74, 6) is 3.36. The standard InChI is InChI=1S/C17H11BrClF2NO2/c18-11-3-5-14(19)13(9-11)17(23)22-7-1-2-8-24-16-6-4-12(20)10-15(16)21/h3-6,9-10H,7-8H2,(H,22,23). The van der Waals surface area contributed by atoms with Gasteiger partial charge in [0.05, 0.1) is 17.1 Å². The Hall–Kier alpha value is -2.10. The van der Waals surface area contributed by atoms with Crippen molar-refractivity contribution >= 4 is 33.4 Å². The quantitative estimate of drug-likeness (QED) is 0.762. The predicted molar refractivity (Wildman–Crippen MR) is 91.1 cm³/mol. The molecule has 24 heavy (non-hydrogen) atoms. The summed E-state index contributed by atoms with van der Waals surface area (Å²) < 4.78 is 31.8. The minimum atomic E-state index is -0.797. The van der Waals surface area contributed by atoms with E-state index in [1.165, 1.54) is 6.07 Å². The number of benzene rings is 2. The molecular weight excluding hydrogens is 404 g/mol. The number of ether oxygens (including phenoxy) is 1. The third-order valence-corrected chi connectivity index (χ3v) is 3.65. The molecule has 0 saturated heterocycles. The summed E-state index contributed by atoms with van der Waals surface area (Å²) in [6.07, 6.45) is 0. The average molecular weight is 415 g/mol. The molecule has 2 rings (SSSR count). The normalized spacial score (nSPS) is 9.83. The van der Waals surface area contributed by atoms with Crippen LogP contribution >= 0.6 is 27.5 Å². The number of rotatable bonds is 4. The van der Waals surface area contributed by atoms with Crippen LogP contribution in [-0.4, -0.2) is 19.1 Å². The van der Waals surface area contributed by atoms with E-state index in [4.69, 9.17) is 16.3 Å². The smallest absolute Gasteiger partial charge is 0.253 e. The van der Waals surface area contributed by atoms with Gasteiger partial charge in [-0.05, 0) is 30.3 Å². The molecular formula is C17H11BrClF2NO2. The molecule has 0 aliphatic carbocycles. The third-order valence-electron chi connectivity index (χ3n) is 2.83. The van der Waals surface area contributed by atoms with Gasteiger partial charge in [-0.3, -0.25) is 4.79 Å². The highest BCUT2D eigenvalue weighted by Crippen LogP contribution is 2.20. The Morgan fingerprint density at radius 3 is 2.75 bits per heavy atom. The highest BCUT2D eigenvalue weighted by Gasteiger charge is 2.09. The first-order valence-electron chi connectivity index (χ1n) is 6.74. The van der Waals surface area contributed by atoms with Crippen LogP contribution in [0.15, 0.2) is 40.9 Å². The van der Waals surface area contributed by atoms with E-state index in [1.54, 1.807) is 18.2 Å². The fraction of sp³-hybridized carbons (Fsp3) is 0.118. The summed E-state index contributed by atoms with van der Waals surface area (Å²) in [4.78, 5) is 11.9. The van der Waals surface area contributed by atoms with Gasteiger partial charge in [0.15, 0.2) is 11.6 Å². The van der Waals surface area contributed by atoms with Crippen LogP contribution in [0.5, 0.6) is 5.75 Å². The maximum atomic E-state index is 13.3. The first-order chi connectivity index (χ1) is 11.5. The number of nitrogens with one attached hydrogen (secondary N) is 1. The monoisotopic (exact) mass is 413 g/mol. The minimum absolute atomic E-state index is 0.0803. The Balaban J connectivity index is 1.81. The van der Waals surface area contributed by atoms with Crippen molar-refractivity contribution < 1.29 is 18.3 Å². The SMILES string of the molecule is O=C(NCC#CCOc1ccc(F)cc1F)c1cc(Br)ccc1Cl. The van der Waals surface area contributed by atoms with Crippen LogP contribution in [-0.2, 0) is 0 Å². The summed E-state index contributed by atoms with van der Waals surface area (Å²) >= 11 is 9.21. The Bertz CT molecular complexity index is 818. The molecule has 0 bridgehead atoms. The van der Waals surface area contributed by atoms with Crippen LogP contribution in [0.1, 0.15) is 10.4 Å². The van der Waals surface area contributed by atoms with Crippen LogP contribution in [0.4, 0.5) is 8.78 Å². The van der Waals surface area contributed by atoms with Crippen LogP contribution < -0.4 is 10.1 Å². The predicted octanol–water partition coefficient (Wildman–Crippen LogP) is 4.19. The second-order valence-electron chi connectivity index (χ2n) is 4.52. The zero-order valence-corrected chi connectivity index (χ0v) is 14.5. The highest BCUT2D eigenvalue weighted by atomic mass is 79.9. The zero-order chi connectivity index (χ0) is 17.5. The zero-order valence-electron chi connectivity index (χ0n) is 12.2. The molecule has 3 nitrogen and oxygen atoms in total. The minimum Gasteiger partial charge on any atom is -0.478 e. The molecule has 1 N–H and O–H groups in total. The van der Waals surface area contributed by atoms with Crippen molar-refractivity contribution in [1.82, 2.24) is 5.32 Å². The summed E-state index contributed by atoms with van der Waals surface area (Å²) in [6, 6.07) is 7.94. The lowest BCUT2D eigenvalue weighted by atomic mass is 10.2. The summed E-state index contributed by atoms with van der Waals surface area (Å²) in [5.41, 5.74) is 0.331. The first-order valence-corrected chi connectivity index (χ1v) is 7.91. The van der Waals surface area contributed by atoms with Gasteiger partial charge in [-0.2, -0.15) is 0 Å². The van der Waals surface area contributed by atoms with Crippen molar-refractivity contribution in [3.8, 4) is 17.6 Å². The molecule has 0 heterocycles. The van der Waals surface area contributed by atoms with Crippen molar-refractivity contribution in [2.75, 3.05) is 13.2 Å². The first kappa shape index (κ1) is 18.2. The van der Waals surface area contributed by atoms with Crippen LogP contribution in [0.2, 0.25) is 5.02 Å². The molecule has 0 aliphatic heterocycles. The van der Waals surface area contributed by atoms with E-state index >= 15 is 0 Å². The van der Waals surface area contributed by atoms with Crippen molar-refractivity contribution in [3.05, 3.63) is 63.1 Å². The van der Waals surface area contributed by atoms with E-state index in [1.807, 2.05) is 0 Å². The number of hydrogen-bond acceptors (Lipinski definition) is 2. The molecule has 7 heteroatoms. The Morgan fingerprint density at radius 1 is 1.21 bits per heavy atom. The second kappa shape index (κ2) is 8.67. The number of amides is 1. The topological polar surface area (TPSA) is 38.3 Å². The van der Waals surface area contributed by atoms with Gasteiger partial charge in [0.2, 0.25) is 0 Å². The number of hydrogen-bond donors (Lipinski definition) is 1. The highest BCUT2D eigenvalue weighted by molar-refractivity contribution is 9.10. The molecule has 1 amide bonds. The molecule has 0 radical (unpaired) electrons. The molecule has 0 aliphatic rings. The Morgan fingerprint density at radius 2 is 2.00 bits per heavy atom. The Kier molecular flexibility index (Phi) is 6.59. The maximum absolute atomic E-state index is 13.3. The molecule has 2 aromatic carbocycles.